The molecule has 2 heterocycles. The van der Waals surface area contributed by atoms with Crippen LogP contribution < -0.4 is 0 Å². The van der Waals surface area contributed by atoms with E-state index in [2.05, 4.69) is 15.9 Å². The number of piperidine rings is 2. The van der Waals surface area contributed by atoms with Gasteiger partial charge in [0, 0.05) is 5.02 Å². The number of nitrogens with zero attached hydrogens (tertiary/aromatic N) is 2. The van der Waals surface area contributed by atoms with E-state index >= 15 is 0 Å². The average Bonchev–Trinajstić information content (AvgIpc) is 2.63. The largest absolute Gasteiger partial charge is 0.303 e. The molecule has 6 heteroatoms. The lowest BCUT2D eigenvalue weighted by Gasteiger charge is -2.41. The summed E-state index contributed by atoms with van der Waals surface area (Å²) in [7, 11) is 0. The molecule has 0 radical (unpaired) electrons. The molecule has 0 aliphatic carbocycles. The minimum absolute atomic E-state index is 0. The first kappa shape index (κ1) is 24.7. The van der Waals surface area contributed by atoms with Crippen LogP contribution in [0.15, 0.2) is 24.3 Å². The highest BCUT2D eigenvalue weighted by molar-refractivity contribution is 6.30. The Morgan fingerprint density at radius 3 is 2.15 bits per heavy atom. The SMILES string of the molecule is CC(=O)C1(c2cccc(Cl)c2)CCN(CCCN2CCCCC2)CC1.Cl.Cl. The summed E-state index contributed by atoms with van der Waals surface area (Å²) in [6, 6.07) is 7.90. The van der Waals surface area contributed by atoms with Gasteiger partial charge < -0.3 is 9.80 Å². The fourth-order valence-electron chi connectivity index (χ4n) is 4.49. The highest BCUT2D eigenvalue weighted by atomic mass is 35.5. The van der Waals surface area contributed by atoms with Crippen molar-refractivity contribution in [2.45, 2.75) is 50.9 Å². The van der Waals surface area contributed by atoms with Gasteiger partial charge in [0.25, 0.3) is 0 Å². The molecule has 27 heavy (non-hydrogen) atoms. The molecule has 154 valence electrons. The standard InChI is InChI=1S/C21H31ClN2O.2ClH/c1-18(25)21(19-7-5-8-20(22)17-19)9-15-24(16-10-21)14-6-13-23-11-3-2-4-12-23;;/h5,7-8,17H,2-4,6,9-16H2,1H3;2*1H. The number of likely N-dealkylation sites (tertiary alicyclic amines) is 2. The Morgan fingerprint density at radius 1 is 1.00 bits per heavy atom. The van der Waals surface area contributed by atoms with Gasteiger partial charge in [-0.1, -0.05) is 30.2 Å². The Bertz CT molecular complexity index is 583. The van der Waals surface area contributed by atoms with E-state index in [1.54, 1.807) is 6.92 Å². The maximum absolute atomic E-state index is 12.5. The molecular formula is C21H33Cl3N2O. The maximum atomic E-state index is 12.5. The van der Waals surface area contributed by atoms with E-state index in [1.165, 1.54) is 45.3 Å². The molecule has 2 fully saturated rings. The molecule has 2 saturated heterocycles. The van der Waals surface area contributed by atoms with Crippen molar-refractivity contribution in [3.05, 3.63) is 34.9 Å². The van der Waals surface area contributed by atoms with Crippen molar-refractivity contribution in [1.29, 1.82) is 0 Å². The molecule has 2 aliphatic rings. The fraction of sp³-hybridized carbons (Fsp3) is 0.667. The predicted molar refractivity (Wildman–Crippen MR) is 119 cm³/mol. The molecule has 3 nitrogen and oxygen atoms in total. The first-order chi connectivity index (χ1) is 12.1. The van der Waals surface area contributed by atoms with Crippen LogP contribution in [0, 0.1) is 0 Å². The molecule has 0 bridgehead atoms. The van der Waals surface area contributed by atoms with Gasteiger partial charge in [-0.05, 0) is 96.0 Å². The first-order valence-electron chi connectivity index (χ1n) is 9.82. The van der Waals surface area contributed by atoms with Crippen LogP contribution >= 0.6 is 36.4 Å². The summed E-state index contributed by atoms with van der Waals surface area (Å²) in [6.45, 7) is 8.69. The third kappa shape index (κ3) is 6.33. The summed E-state index contributed by atoms with van der Waals surface area (Å²) < 4.78 is 0. The van der Waals surface area contributed by atoms with Crippen LogP contribution in [0.1, 0.15) is 51.0 Å². The van der Waals surface area contributed by atoms with Crippen LogP contribution in [-0.4, -0.2) is 54.9 Å². The smallest absolute Gasteiger partial charge is 0.140 e. The van der Waals surface area contributed by atoms with Gasteiger partial charge in [-0.2, -0.15) is 0 Å². The first-order valence-corrected chi connectivity index (χ1v) is 10.2. The van der Waals surface area contributed by atoms with Crippen molar-refractivity contribution < 1.29 is 4.79 Å². The normalized spacial score (nSPS) is 20.4. The van der Waals surface area contributed by atoms with Crippen LogP contribution in [-0.2, 0) is 10.2 Å². The second-order valence-corrected chi connectivity index (χ2v) is 8.18. The van der Waals surface area contributed by atoms with E-state index in [9.17, 15) is 4.79 Å². The third-order valence-electron chi connectivity index (χ3n) is 6.16. The van der Waals surface area contributed by atoms with Gasteiger partial charge in [0.2, 0.25) is 0 Å². The van der Waals surface area contributed by atoms with Crippen molar-refractivity contribution >= 4 is 42.2 Å². The number of hydrogen-bond acceptors (Lipinski definition) is 3. The number of carbonyl (C=O) groups excluding carboxylic acids is 1. The topological polar surface area (TPSA) is 23.6 Å². The summed E-state index contributed by atoms with van der Waals surface area (Å²) >= 11 is 6.18. The quantitative estimate of drug-likeness (QED) is 0.629. The van der Waals surface area contributed by atoms with Crippen molar-refractivity contribution in [2.75, 3.05) is 39.3 Å². The minimum Gasteiger partial charge on any atom is -0.303 e. The monoisotopic (exact) mass is 434 g/mol. The summed E-state index contributed by atoms with van der Waals surface area (Å²) in [5, 5.41) is 0.724. The number of halogens is 3. The minimum atomic E-state index is -0.339. The zero-order valence-corrected chi connectivity index (χ0v) is 18.7. The number of carbonyl (C=O) groups is 1. The van der Waals surface area contributed by atoms with Gasteiger partial charge in [-0.25, -0.2) is 0 Å². The van der Waals surface area contributed by atoms with Gasteiger partial charge in [0.05, 0.1) is 5.41 Å². The molecule has 0 atom stereocenters. The van der Waals surface area contributed by atoms with Gasteiger partial charge in [-0.3, -0.25) is 4.79 Å². The molecule has 0 aromatic heterocycles. The molecule has 1 aromatic rings. The summed E-state index contributed by atoms with van der Waals surface area (Å²) in [5.41, 5.74) is 0.759. The van der Waals surface area contributed by atoms with E-state index in [4.69, 9.17) is 11.6 Å². The Balaban J connectivity index is 0.00000182. The van der Waals surface area contributed by atoms with Crippen molar-refractivity contribution in [3.63, 3.8) is 0 Å². The maximum Gasteiger partial charge on any atom is 0.140 e. The Kier molecular flexibility index (Phi) is 10.6. The van der Waals surface area contributed by atoms with E-state index in [0.29, 0.717) is 0 Å². The molecule has 0 amide bonds. The molecule has 2 aliphatic heterocycles. The van der Waals surface area contributed by atoms with Crippen molar-refractivity contribution in [2.24, 2.45) is 0 Å². The van der Waals surface area contributed by atoms with E-state index in [1.807, 2.05) is 18.2 Å². The summed E-state index contributed by atoms with van der Waals surface area (Å²) in [5.74, 6) is 0.280. The van der Waals surface area contributed by atoms with Crippen LogP contribution in [0.2, 0.25) is 5.02 Å². The average molecular weight is 436 g/mol. The van der Waals surface area contributed by atoms with Gasteiger partial charge in [-0.15, -0.1) is 24.8 Å². The third-order valence-corrected chi connectivity index (χ3v) is 6.39. The van der Waals surface area contributed by atoms with Gasteiger partial charge in [0.15, 0.2) is 0 Å². The molecule has 0 unspecified atom stereocenters. The summed E-state index contributed by atoms with van der Waals surface area (Å²) in [6.07, 6.45) is 7.19. The number of ketones is 1. The Hall–Kier alpha value is -0.320. The lowest BCUT2D eigenvalue weighted by atomic mass is 9.70. The summed E-state index contributed by atoms with van der Waals surface area (Å²) in [4.78, 5) is 17.6. The number of rotatable bonds is 6. The van der Waals surface area contributed by atoms with Crippen molar-refractivity contribution in [3.8, 4) is 0 Å². The molecule has 1 aromatic carbocycles. The number of hydrogen-bond donors (Lipinski definition) is 0. The number of benzene rings is 1. The predicted octanol–water partition coefficient (Wildman–Crippen LogP) is 4.98. The van der Waals surface area contributed by atoms with E-state index < -0.39 is 0 Å². The fourth-order valence-corrected chi connectivity index (χ4v) is 4.68. The van der Waals surface area contributed by atoms with Crippen molar-refractivity contribution in [1.82, 2.24) is 9.80 Å². The van der Waals surface area contributed by atoms with Crippen LogP contribution in [0.25, 0.3) is 0 Å². The molecule has 0 spiro atoms. The highest BCUT2D eigenvalue weighted by Crippen LogP contribution is 2.37. The van der Waals surface area contributed by atoms with Crippen LogP contribution in [0.4, 0.5) is 0 Å². The van der Waals surface area contributed by atoms with E-state index in [0.717, 1.165) is 43.1 Å². The second-order valence-electron chi connectivity index (χ2n) is 7.75. The van der Waals surface area contributed by atoms with Gasteiger partial charge in [0.1, 0.15) is 5.78 Å². The molecule has 0 N–H and O–H groups in total. The second kappa shape index (κ2) is 11.6. The lowest BCUT2D eigenvalue weighted by Crippen LogP contribution is -2.47. The molecular weight excluding hydrogens is 403 g/mol. The van der Waals surface area contributed by atoms with E-state index in [-0.39, 0.29) is 36.0 Å². The van der Waals surface area contributed by atoms with Gasteiger partial charge >= 0.3 is 0 Å². The Morgan fingerprint density at radius 2 is 1.59 bits per heavy atom. The van der Waals surface area contributed by atoms with Crippen LogP contribution in [0.5, 0.6) is 0 Å². The Labute approximate surface area is 181 Å². The van der Waals surface area contributed by atoms with Crippen LogP contribution in [0.3, 0.4) is 0 Å². The highest BCUT2D eigenvalue weighted by Gasteiger charge is 2.40. The molecule has 3 rings (SSSR count). The zero-order valence-electron chi connectivity index (χ0n) is 16.3. The lowest BCUT2D eigenvalue weighted by molar-refractivity contribution is -0.124. The number of Topliss-reactive ketones (excluding diaryl/α,β-unsaturated/α-hetero) is 1. The molecule has 0 saturated carbocycles. The zero-order chi connectivity index (χ0) is 17.7.